The number of hydrogen-bond acceptors (Lipinski definition) is 6. The van der Waals surface area contributed by atoms with E-state index in [-0.39, 0.29) is 12.5 Å². The standard InChI is InChI=1S/C18H24N4O3S/c1-14-3-4-16(26-14)9-21-5-6-24-13-18(11-21)12-22(17(23)10-25-18)15-7-19-20(2)8-15/h3-4,7-8H,5-6,9-13H2,1-2H3/t18-/m1/s1. The molecule has 2 aliphatic heterocycles. The highest BCUT2D eigenvalue weighted by Gasteiger charge is 2.43. The lowest BCUT2D eigenvalue weighted by atomic mass is 10.0. The van der Waals surface area contributed by atoms with E-state index in [0.29, 0.717) is 19.8 Å². The first-order valence-electron chi connectivity index (χ1n) is 8.81. The van der Waals surface area contributed by atoms with Gasteiger partial charge in [-0.1, -0.05) is 0 Å². The van der Waals surface area contributed by atoms with Gasteiger partial charge in [-0.3, -0.25) is 14.4 Å². The number of amides is 1. The van der Waals surface area contributed by atoms with E-state index in [4.69, 9.17) is 9.47 Å². The van der Waals surface area contributed by atoms with E-state index >= 15 is 0 Å². The highest BCUT2D eigenvalue weighted by molar-refractivity contribution is 7.11. The molecule has 8 heteroatoms. The Morgan fingerprint density at radius 2 is 2.23 bits per heavy atom. The van der Waals surface area contributed by atoms with Crippen molar-refractivity contribution < 1.29 is 14.3 Å². The first kappa shape index (κ1) is 17.7. The molecule has 0 N–H and O–H groups in total. The summed E-state index contributed by atoms with van der Waals surface area (Å²) in [7, 11) is 1.85. The fourth-order valence-electron chi connectivity index (χ4n) is 3.59. The van der Waals surface area contributed by atoms with Crippen LogP contribution in [0.15, 0.2) is 24.5 Å². The highest BCUT2D eigenvalue weighted by atomic mass is 32.1. The summed E-state index contributed by atoms with van der Waals surface area (Å²) >= 11 is 1.82. The van der Waals surface area contributed by atoms with Crippen molar-refractivity contribution in [2.75, 3.05) is 44.4 Å². The van der Waals surface area contributed by atoms with Gasteiger partial charge >= 0.3 is 0 Å². The number of carbonyl (C=O) groups excluding carboxylic acids is 1. The van der Waals surface area contributed by atoms with E-state index in [0.717, 1.165) is 25.3 Å². The Morgan fingerprint density at radius 3 is 2.96 bits per heavy atom. The zero-order chi connectivity index (χ0) is 18.1. The number of aryl methyl sites for hydroxylation is 2. The quantitative estimate of drug-likeness (QED) is 0.811. The molecule has 2 fully saturated rings. The molecule has 1 spiro atoms. The summed E-state index contributed by atoms with van der Waals surface area (Å²) in [5.41, 5.74) is 0.303. The summed E-state index contributed by atoms with van der Waals surface area (Å²) in [5, 5.41) is 4.19. The number of nitrogens with zero attached hydrogens (tertiary/aromatic N) is 4. The Bertz CT molecular complexity index is 789. The molecule has 26 heavy (non-hydrogen) atoms. The Balaban J connectivity index is 1.52. The van der Waals surface area contributed by atoms with Gasteiger partial charge in [0.15, 0.2) is 0 Å². The van der Waals surface area contributed by atoms with Crippen molar-refractivity contribution in [2.45, 2.75) is 19.1 Å². The maximum Gasteiger partial charge on any atom is 0.253 e. The molecule has 4 heterocycles. The Kier molecular flexibility index (Phi) is 4.83. The normalized spacial score (nSPS) is 25.0. The van der Waals surface area contributed by atoms with Gasteiger partial charge in [-0.15, -0.1) is 11.3 Å². The third-order valence-electron chi connectivity index (χ3n) is 4.86. The third-order valence-corrected chi connectivity index (χ3v) is 5.84. The number of thiophene rings is 1. The number of aromatic nitrogens is 2. The van der Waals surface area contributed by atoms with Gasteiger partial charge in [-0.2, -0.15) is 5.10 Å². The monoisotopic (exact) mass is 376 g/mol. The molecular formula is C18H24N4O3S. The van der Waals surface area contributed by atoms with E-state index in [1.807, 2.05) is 24.6 Å². The highest BCUT2D eigenvalue weighted by Crippen LogP contribution is 2.28. The maximum atomic E-state index is 12.4. The van der Waals surface area contributed by atoms with E-state index in [2.05, 4.69) is 29.1 Å². The van der Waals surface area contributed by atoms with Crippen LogP contribution < -0.4 is 4.90 Å². The molecule has 2 aromatic heterocycles. The minimum absolute atomic E-state index is 0.0340. The van der Waals surface area contributed by atoms with Crippen LogP contribution in [0.25, 0.3) is 0 Å². The molecule has 2 saturated heterocycles. The molecule has 0 saturated carbocycles. The Labute approximate surface area is 157 Å². The number of rotatable bonds is 3. The molecule has 0 aromatic carbocycles. The second-order valence-corrected chi connectivity index (χ2v) is 8.47. The van der Waals surface area contributed by atoms with Crippen molar-refractivity contribution in [2.24, 2.45) is 7.05 Å². The molecule has 0 bridgehead atoms. The van der Waals surface area contributed by atoms with Crippen LogP contribution in [-0.2, 0) is 27.9 Å². The number of carbonyl (C=O) groups is 1. The molecule has 1 amide bonds. The van der Waals surface area contributed by atoms with Crippen LogP contribution in [0.2, 0.25) is 0 Å². The van der Waals surface area contributed by atoms with Gasteiger partial charge in [0.1, 0.15) is 12.2 Å². The summed E-state index contributed by atoms with van der Waals surface area (Å²) in [6, 6.07) is 4.34. The lowest BCUT2D eigenvalue weighted by Gasteiger charge is -2.42. The summed E-state index contributed by atoms with van der Waals surface area (Å²) in [6.07, 6.45) is 3.58. The largest absolute Gasteiger partial charge is 0.377 e. The van der Waals surface area contributed by atoms with Gasteiger partial charge in [0.25, 0.3) is 5.91 Å². The van der Waals surface area contributed by atoms with Crippen LogP contribution in [0, 0.1) is 6.92 Å². The summed E-state index contributed by atoms with van der Waals surface area (Å²) in [5.74, 6) is -0.0340. The molecule has 1 atom stereocenters. The van der Waals surface area contributed by atoms with Crippen molar-refractivity contribution in [3.8, 4) is 0 Å². The molecule has 2 aliphatic rings. The first-order valence-corrected chi connectivity index (χ1v) is 9.63. The lowest BCUT2D eigenvalue weighted by molar-refractivity contribution is -0.146. The Hall–Kier alpha value is -1.74. The smallest absolute Gasteiger partial charge is 0.253 e. The summed E-state index contributed by atoms with van der Waals surface area (Å²) < 4.78 is 13.6. The molecule has 0 unspecified atom stereocenters. The topological polar surface area (TPSA) is 59.8 Å². The third kappa shape index (κ3) is 3.68. The molecular weight excluding hydrogens is 352 g/mol. The average molecular weight is 376 g/mol. The Morgan fingerprint density at radius 1 is 1.35 bits per heavy atom. The second-order valence-electron chi connectivity index (χ2n) is 7.10. The lowest BCUT2D eigenvalue weighted by Crippen LogP contribution is -2.60. The molecule has 2 aromatic rings. The minimum Gasteiger partial charge on any atom is -0.377 e. The van der Waals surface area contributed by atoms with Crippen molar-refractivity contribution in [1.29, 1.82) is 0 Å². The van der Waals surface area contributed by atoms with Gasteiger partial charge in [0.2, 0.25) is 0 Å². The van der Waals surface area contributed by atoms with E-state index in [1.54, 1.807) is 15.8 Å². The second kappa shape index (κ2) is 7.11. The van der Waals surface area contributed by atoms with Gasteiger partial charge in [0.05, 0.1) is 31.6 Å². The number of morpholine rings is 1. The summed E-state index contributed by atoms with van der Waals surface area (Å²) in [4.78, 5) is 19.2. The van der Waals surface area contributed by atoms with Gasteiger partial charge < -0.3 is 14.4 Å². The molecule has 140 valence electrons. The molecule has 4 rings (SSSR count). The van der Waals surface area contributed by atoms with Crippen LogP contribution in [0.1, 0.15) is 9.75 Å². The van der Waals surface area contributed by atoms with Crippen molar-refractivity contribution in [3.63, 3.8) is 0 Å². The predicted octanol–water partition coefficient (Wildman–Crippen LogP) is 1.42. The van der Waals surface area contributed by atoms with E-state index in [9.17, 15) is 4.79 Å². The SMILES string of the molecule is Cc1ccc(CN2CCOC[C@@]3(C2)CN(c2cnn(C)c2)C(=O)CO3)s1. The number of ether oxygens (including phenoxy) is 2. The zero-order valence-corrected chi connectivity index (χ0v) is 16.0. The van der Waals surface area contributed by atoms with Crippen molar-refractivity contribution in [3.05, 3.63) is 34.3 Å². The van der Waals surface area contributed by atoms with Crippen LogP contribution in [-0.4, -0.2) is 65.6 Å². The first-order chi connectivity index (χ1) is 12.5. The molecule has 0 radical (unpaired) electrons. The molecule has 0 aliphatic carbocycles. The molecule has 7 nitrogen and oxygen atoms in total. The van der Waals surface area contributed by atoms with Crippen molar-refractivity contribution in [1.82, 2.24) is 14.7 Å². The average Bonchev–Trinajstić information content (AvgIpc) is 3.16. The van der Waals surface area contributed by atoms with Crippen LogP contribution >= 0.6 is 11.3 Å². The maximum absolute atomic E-state index is 12.4. The van der Waals surface area contributed by atoms with Crippen molar-refractivity contribution >= 4 is 22.9 Å². The van der Waals surface area contributed by atoms with Crippen LogP contribution in [0.3, 0.4) is 0 Å². The van der Waals surface area contributed by atoms with Gasteiger partial charge in [0, 0.05) is 42.6 Å². The van der Waals surface area contributed by atoms with Crippen LogP contribution in [0.5, 0.6) is 0 Å². The number of anilines is 1. The van der Waals surface area contributed by atoms with E-state index in [1.165, 1.54) is 9.75 Å². The van der Waals surface area contributed by atoms with Crippen LogP contribution in [0.4, 0.5) is 5.69 Å². The van der Waals surface area contributed by atoms with Gasteiger partial charge in [-0.05, 0) is 19.1 Å². The van der Waals surface area contributed by atoms with E-state index < -0.39 is 5.60 Å². The fraction of sp³-hybridized carbons (Fsp3) is 0.556. The fourth-order valence-corrected chi connectivity index (χ4v) is 4.52. The van der Waals surface area contributed by atoms with Gasteiger partial charge in [-0.25, -0.2) is 0 Å². The minimum atomic E-state index is -0.507. The number of hydrogen-bond donors (Lipinski definition) is 0. The zero-order valence-electron chi connectivity index (χ0n) is 15.2. The predicted molar refractivity (Wildman–Crippen MR) is 99.4 cm³/mol. The summed E-state index contributed by atoms with van der Waals surface area (Å²) in [6.45, 7) is 6.35.